The van der Waals surface area contributed by atoms with Crippen LogP contribution in [-0.2, 0) is 9.47 Å². The van der Waals surface area contributed by atoms with Crippen molar-refractivity contribution in [1.29, 1.82) is 0 Å². The molecule has 1 atom stereocenters. The van der Waals surface area contributed by atoms with Crippen molar-refractivity contribution < 1.29 is 9.47 Å². The molecule has 0 aliphatic heterocycles. The molecule has 84 valence electrons. The van der Waals surface area contributed by atoms with Gasteiger partial charge in [-0.15, -0.1) is 0 Å². The molecule has 1 rings (SSSR count). The van der Waals surface area contributed by atoms with Crippen LogP contribution in [0.4, 0.5) is 0 Å². The van der Waals surface area contributed by atoms with E-state index in [1.807, 2.05) is 13.8 Å². The minimum absolute atomic E-state index is 0.0397. The lowest BCUT2D eigenvalue weighted by Gasteiger charge is -2.18. The molecular weight excluding hydrogens is 312 g/mol. The molecule has 1 aliphatic rings. The largest absolute Gasteiger partial charge is 0.353 e. The number of ether oxygens (including phenoxy) is 2. The molecular formula is C10H18Br2O2. The highest BCUT2D eigenvalue weighted by atomic mass is 79.9. The Morgan fingerprint density at radius 3 is 1.71 bits per heavy atom. The van der Waals surface area contributed by atoms with Gasteiger partial charge in [0.05, 0.1) is 3.23 Å². The zero-order chi connectivity index (χ0) is 11.0. The second-order valence-electron chi connectivity index (χ2n) is 4.10. The molecule has 0 bridgehead atoms. The quantitative estimate of drug-likeness (QED) is 0.567. The summed E-state index contributed by atoms with van der Waals surface area (Å²) in [6.45, 7) is 9.76. The lowest BCUT2D eigenvalue weighted by molar-refractivity contribution is -0.153. The molecule has 0 aromatic rings. The molecule has 1 fully saturated rings. The summed E-state index contributed by atoms with van der Waals surface area (Å²) >= 11 is 7.34. The fourth-order valence-electron chi connectivity index (χ4n) is 1.78. The van der Waals surface area contributed by atoms with Gasteiger partial charge in [-0.1, -0.05) is 45.7 Å². The van der Waals surface area contributed by atoms with Crippen LogP contribution in [0.15, 0.2) is 0 Å². The summed E-state index contributed by atoms with van der Waals surface area (Å²) in [5, 5.41) is 0. The SMILES string of the molecule is CCOC(OCC)C1C(C)(C)C1(Br)Br. The molecule has 0 amide bonds. The van der Waals surface area contributed by atoms with Gasteiger partial charge < -0.3 is 9.47 Å². The zero-order valence-corrected chi connectivity index (χ0v) is 12.3. The van der Waals surface area contributed by atoms with Crippen LogP contribution in [0, 0.1) is 11.3 Å². The van der Waals surface area contributed by atoms with Gasteiger partial charge in [-0.3, -0.25) is 0 Å². The fourth-order valence-corrected chi connectivity index (χ4v) is 3.62. The maximum Gasteiger partial charge on any atom is 0.163 e. The summed E-state index contributed by atoms with van der Waals surface area (Å²) in [5.41, 5.74) is 0.169. The highest BCUT2D eigenvalue weighted by Crippen LogP contribution is 2.72. The molecule has 2 nitrogen and oxygen atoms in total. The van der Waals surface area contributed by atoms with E-state index < -0.39 is 0 Å². The van der Waals surface area contributed by atoms with E-state index in [1.54, 1.807) is 0 Å². The third kappa shape index (κ3) is 2.04. The summed E-state index contributed by atoms with van der Waals surface area (Å²) in [6.07, 6.45) is -0.112. The van der Waals surface area contributed by atoms with Crippen molar-refractivity contribution in [3.63, 3.8) is 0 Å². The zero-order valence-electron chi connectivity index (χ0n) is 9.14. The molecule has 0 aromatic heterocycles. The molecule has 1 unspecified atom stereocenters. The fraction of sp³-hybridized carbons (Fsp3) is 1.00. The molecule has 0 N–H and O–H groups in total. The summed E-state index contributed by atoms with van der Waals surface area (Å²) in [4.78, 5) is 0. The van der Waals surface area contributed by atoms with E-state index in [4.69, 9.17) is 9.47 Å². The normalized spacial score (nSPS) is 28.1. The Balaban J connectivity index is 2.63. The minimum Gasteiger partial charge on any atom is -0.353 e. The minimum atomic E-state index is -0.112. The molecule has 1 aliphatic carbocycles. The third-order valence-electron chi connectivity index (χ3n) is 2.88. The average molecular weight is 330 g/mol. The first-order valence-corrected chi connectivity index (χ1v) is 6.59. The Labute approximate surface area is 103 Å². The van der Waals surface area contributed by atoms with E-state index in [2.05, 4.69) is 45.7 Å². The molecule has 1 saturated carbocycles. The van der Waals surface area contributed by atoms with Gasteiger partial charge in [0.25, 0.3) is 0 Å². The lowest BCUT2D eigenvalue weighted by atomic mass is 10.1. The Hall–Kier alpha value is 0.880. The van der Waals surface area contributed by atoms with Gasteiger partial charge in [0.15, 0.2) is 6.29 Å². The van der Waals surface area contributed by atoms with E-state index in [0.29, 0.717) is 19.1 Å². The van der Waals surface area contributed by atoms with Crippen molar-refractivity contribution in [3.05, 3.63) is 0 Å². The molecule has 4 heteroatoms. The van der Waals surface area contributed by atoms with E-state index in [0.717, 1.165) is 0 Å². The molecule has 14 heavy (non-hydrogen) atoms. The van der Waals surface area contributed by atoms with Crippen LogP contribution in [0.5, 0.6) is 0 Å². The van der Waals surface area contributed by atoms with Gasteiger partial charge in [-0.05, 0) is 13.8 Å². The monoisotopic (exact) mass is 328 g/mol. The Morgan fingerprint density at radius 1 is 1.14 bits per heavy atom. The van der Waals surface area contributed by atoms with E-state index in [-0.39, 0.29) is 14.9 Å². The third-order valence-corrected chi connectivity index (χ3v) is 5.91. The van der Waals surface area contributed by atoms with Crippen LogP contribution < -0.4 is 0 Å². The number of hydrogen-bond acceptors (Lipinski definition) is 2. The molecule has 0 spiro atoms. The highest BCUT2D eigenvalue weighted by molar-refractivity contribution is 9.25. The van der Waals surface area contributed by atoms with Crippen molar-refractivity contribution in [2.24, 2.45) is 11.3 Å². The summed E-state index contributed by atoms with van der Waals surface area (Å²) in [6, 6.07) is 0. The predicted octanol–water partition coefficient (Wildman–Crippen LogP) is 3.53. The topological polar surface area (TPSA) is 18.5 Å². The highest BCUT2D eigenvalue weighted by Gasteiger charge is 2.72. The number of alkyl halides is 2. The molecule has 0 heterocycles. The smallest absolute Gasteiger partial charge is 0.163 e. The summed E-state index contributed by atoms with van der Waals surface area (Å²) in [5.74, 6) is 0.356. The first-order valence-electron chi connectivity index (χ1n) is 5.00. The van der Waals surface area contributed by atoms with Crippen LogP contribution in [-0.4, -0.2) is 22.7 Å². The van der Waals surface area contributed by atoms with Gasteiger partial charge in [-0.2, -0.15) is 0 Å². The van der Waals surface area contributed by atoms with Crippen molar-refractivity contribution in [2.75, 3.05) is 13.2 Å². The molecule has 0 radical (unpaired) electrons. The number of halogens is 2. The first-order chi connectivity index (χ1) is 6.39. The van der Waals surface area contributed by atoms with Gasteiger partial charge in [0, 0.05) is 24.5 Å². The predicted molar refractivity (Wildman–Crippen MR) is 64.9 cm³/mol. The van der Waals surface area contributed by atoms with Gasteiger partial charge in [0.2, 0.25) is 0 Å². The van der Waals surface area contributed by atoms with Gasteiger partial charge in [0.1, 0.15) is 0 Å². The Bertz CT molecular complexity index is 184. The molecule has 0 saturated heterocycles. The first kappa shape index (κ1) is 12.9. The van der Waals surface area contributed by atoms with Crippen LogP contribution in [0.3, 0.4) is 0 Å². The maximum atomic E-state index is 5.60. The molecule has 0 aromatic carbocycles. The van der Waals surface area contributed by atoms with Crippen LogP contribution >= 0.6 is 31.9 Å². The summed E-state index contributed by atoms with van der Waals surface area (Å²) < 4.78 is 11.2. The maximum absolute atomic E-state index is 5.60. The van der Waals surface area contributed by atoms with Crippen LogP contribution in [0.2, 0.25) is 0 Å². The van der Waals surface area contributed by atoms with E-state index >= 15 is 0 Å². The van der Waals surface area contributed by atoms with Crippen molar-refractivity contribution in [2.45, 2.75) is 37.2 Å². The van der Waals surface area contributed by atoms with Gasteiger partial charge in [-0.25, -0.2) is 0 Å². The average Bonchev–Trinajstić information content (AvgIpc) is 2.43. The second-order valence-corrected chi connectivity index (χ2v) is 7.67. The van der Waals surface area contributed by atoms with E-state index in [1.165, 1.54) is 0 Å². The number of rotatable bonds is 5. The Morgan fingerprint density at radius 2 is 1.50 bits per heavy atom. The van der Waals surface area contributed by atoms with Crippen LogP contribution in [0.25, 0.3) is 0 Å². The van der Waals surface area contributed by atoms with Crippen LogP contribution in [0.1, 0.15) is 27.7 Å². The summed E-state index contributed by atoms with van der Waals surface area (Å²) in [7, 11) is 0. The second kappa shape index (κ2) is 4.40. The number of hydrogen-bond donors (Lipinski definition) is 0. The van der Waals surface area contributed by atoms with Crippen molar-refractivity contribution >= 4 is 31.9 Å². The van der Waals surface area contributed by atoms with Gasteiger partial charge >= 0.3 is 0 Å². The van der Waals surface area contributed by atoms with E-state index in [9.17, 15) is 0 Å². The van der Waals surface area contributed by atoms with Crippen molar-refractivity contribution in [1.82, 2.24) is 0 Å². The Kier molecular flexibility index (Phi) is 4.07. The van der Waals surface area contributed by atoms with Crippen molar-refractivity contribution in [3.8, 4) is 0 Å². The lowest BCUT2D eigenvalue weighted by Crippen LogP contribution is -2.23. The standard InChI is InChI=1S/C10H18Br2O2/c1-5-13-8(14-6-2)7-9(3,4)10(7,11)12/h7-8H,5-6H2,1-4H3.